The molecule has 5 heteroatoms. The fraction of sp³-hybridized carbons (Fsp3) is 0.0588. The minimum Gasteiger partial charge on any atom is -0.348 e. The number of hydrogen-bond acceptors (Lipinski definition) is 2. The van der Waals surface area contributed by atoms with E-state index in [1.165, 1.54) is 0 Å². The molecule has 2 N–H and O–H groups in total. The van der Waals surface area contributed by atoms with E-state index in [0.717, 1.165) is 11.3 Å². The maximum atomic E-state index is 12.3. The number of rotatable bonds is 4. The van der Waals surface area contributed by atoms with Gasteiger partial charge in [-0.2, -0.15) is 0 Å². The van der Waals surface area contributed by atoms with Crippen LogP contribution in [0.3, 0.4) is 0 Å². The Balaban J connectivity index is 1.76. The summed E-state index contributed by atoms with van der Waals surface area (Å²) in [6.45, 7) is 0.507. The summed E-state index contributed by atoms with van der Waals surface area (Å²) in [6.07, 6.45) is 3.60. The topological polar surface area (TPSA) is 49.8 Å². The molecule has 0 radical (unpaired) electrons. The minimum absolute atomic E-state index is 0.104. The quantitative estimate of drug-likeness (QED) is 0.725. The molecule has 110 valence electrons. The SMILES string of the molecule is O=C(NCc1ccccc1)c1cccc(-n2cc[nH]c2=S)c1. The van der Waals surface area contributed by atoms with Crippen molar-refractivity contribution in [3.63, 3.8) is 0 Å². The summed E-state index contributed by atoms with van der Waals surface area (Å²) >= 11 is 5.20. The Labute approximate surface area is 133 Å². The zero-order valence-electron chi connectivity index (χ0n) is 11.8. The molecule has 0 unspecified atom stereocenters. The van der Waals surface area contributed by atoms with Crippen LogP contribution >= 0.6 is 12.2 Å². The Bertz CT molecular complexity index is 836. The van der Waals surface area contributed by atoms with E-state index in [9.17, 15) is 4.79 Å². The van der Waals surface area contributed by atoms with Crippen LogP contribution in [-0.2, 0) is 6.54 Å². The van der Waals surface area contributed by atoms with E-state index in [1.54, 1.807) is 12.3 Å². The summed E-state index contributed by atoms with van der Waals surface area (Å²) in [5, 5.41) is 2.92. The van der Waals surface area contributed by atoms with Gasteiger partial charge in [-0.3, -0.25) is 9.36 Å². The van der Waals surface area contributed by atoms with E-state index in [1.807, 2.05) is 59.3 Å². The first-order valence-electron chi connectivity index (χ1n) is 6.92. The maximum absolute atomic E-state index is 12.3. The predicted molar refractivity (Wildman–Crippen MR) is 88.6 cm³/mol. The molecule has 22 heavy (non-hydrogen) atoms. The second-order valence-electron chi connectivity index (χ2n) is 4.85. The Morgan fingerprint density at radius 3 is 2.68 bits per heavy atom. The molecule has 0 aliphatic heterocycles. The van der Waals surface area contributed by atoms with Gasteiger partial charge in [0.05, 0.1) is 0 Å². The lowest BCUT2D eigenvalue weighted by molar-refractivity contribution is 0.0951. The number of carbonyl (C=O) groups is 1. The van der Waals surface area contributed by atoms with Gasteiger partial charge >= 0.3 is 0 Å². The van der Waals surface area contributed by atoms with Crippen LogP contribution in [0.25, 0.3) is 5.69 Å². The summed E-state index contributed by atoms with van der Waals surface area (Å²) < 4.78 is 2.42. The van der Waals surface area contributed by atoms with Gasteiger partial charge in [0.15, 0.2) is 4.77 Å². The van der Waals surface area contributed by atoms with Crippen molar-refractivity contribution in [2.75, 3.05) is 0 Å². The van der Waals surface area contributed by atoms with Crippen LogP contribution in [0.2, 0.25) is 0 Å². The van der Waals surface area contributed by atoms with Crippen LogP contribution in [0.4, 0.5) is 0 Å². The molecule has 1 amide bonds. The lowest BCUT2D eigenvalue weighted by Crippen LogP contribution is -2.22. The third-order valence-electron chi connectivity index (χ3n) is 3.33. The summed E-state index contributed by atoms with van der Waals surface area (Å²) in [5.74, 6) is -0.104. The van der Waals surface area contributed by atoms with E-state index in [-0.39, 0.29) is 5.91 Å². The van der Waals surface area contributed by atoms with Gasteiger partial charge < -0.3 is 10.3 Å². The van der Waals surface area contributed by atoms with Gasteiger partial charge in [-0.1, -0.05) is 36.4 Å². The van der Waals surface area contributed by atoms with E-state index < -0.39 is 0 Å². The lowest BCUT2D eigenvalue weighted by atomic mass is 10.1. The normalized spacial score (nSPS) is 10.4. The van der Waals surface area contributed by atoms with Crippen molar-refractivity contribution in [1.82, 2.24) is 14.9 Å². The zero-order valence-corrected chi connectivity index (χ0v) is 12.6. The Morgan fingerprint density at radius 1 is 1.14 bits per heavy atom. The highest BCUT2D eigenvalue weighted by atomic mass is 32.1. The standard InChI is InChI=1S/C17H15N3OS/c21-16(19-12-13-5-2-1-3-6-13)14-7-4-8-15(11-14)20-10-9-18-17(20)22/h1-11H,12H2,(H,18,22)(H,19,21). The first-order chi connectivity index (χ1) is 10.7. The fourth-order valence-electron chi connectivity index (χ4n) is 2.20. The van der Waals surface area contributed by atoms with Gasteiger partial charge in [-0.25, -0.2) is 0 Å². The average Bonchev–Trinajstić information content (AvgIpc) is 3.00. The molecule has 3 aromatic rings. The predicted octanol–water partition coefficient (Wildman–Crippen LogP) is 3.46. The third kappa shape index (κ3) is 3.15. The summed E-state index contributed by atoms with van der Waals surface area (Å²) in [7, 11) is 0. The van der Waals surface area contributed by atoms with Crippen LogP contribution in [0.15, 0.2) is 67.0 Å². The number of H-pyrrole nitrogens is 1. The molecular formula is C17H15N3OS. The molecule has 0 fully saturated rings. The number of carbonyl (C=O) groups excluding carboxylic acids is 1. The molecule has 0 saturated heterocycles. The number of nitrogens with one attached hydrogen (secondary N) is 2. The first-order valence-corrected chi connectivity index (χ1v) is 7.33. The Morgan fingerprint density at radius 2 is 1.95 bits per heavy atom. The Hall–Kier alpha value is -2.66. The van der Waals surface area contributed by atoms with Crippen molar-refractivity contribution in [3.8, 4) is 5.69 Å². The van der Waals surface area contributed by atoms with Crippen LogP contribution in [0.1, 0.15) is 15.9 Å². The van der Waals surface area contributed by atoms with Crippen molar-refractivity contribution in [2.24, 2.45) is 0 Å². The Kier molecular flexibility index (Phi) is 4.16. The van der Waals surface area contributed by atoms with Gasteiger partial charge in [0.25, 0.3) is 5.91 Å². The molecule has 1 aromatic heterocycles. The minimum atomic E-state index is -0.104. The number of aromatic nitrogens is 2. The van der Waals surface area contributed by atoms with Crippen molar-refractivity contribution in [3.05, 3.63) is 82.9 Å². The average molecular weight is 309 g/mol. The number of nitrogens with zero attached hydrogens (tertiary/aromatic N) is 1. The summed E-state index contributed by atoms with van der Waals surface area (Å²) in [4.78, 5) is 15.2. The molecule has 0 aliphatic carbocycles. The lowest BCUT2D eigenvalue weighted by Gasteiger charge is -2.08. The van der Waals surface area contributed by atoms with E-state index >= 15 is 0 Å². The second-order valence-corrected chi connectivity index (χ2v) is 5.24. The van der Waals surface area contributed by atoms with Gasteiger partial charge in [0.1, 0.15) is 0 Å². The molecule has 1 heterocycles. The smallest absolute Gasteiger partial charge is 0.251 e. The first kappa shape index (κ1) is 14.3. The maximum Gasteiger partial charge on any atom is 0.251 e. The highest BCUT2D eigenvalue weighted by Crippen LogP contribution is 2.11. The number of imidazole rings is 1. The number of amides is 1. The van der Waals surface area contributed by atoms with Crippen molar-refractivity contribution in [2.45, 2.75) is 6.54 Å². The van der Waals surface area contributed by atoms with E-state index in [2.05, 4.69) is 10.3 Å². The van der Waals surface area contributed by atoms with Gasteiger partial charge in [-0.15, -0.1) is 0 Å². The van der Waals surface area contributed by atoms with Crippen LogP contribution in [-0.4, -0.2) is 15.5 Å². The molecule has 0 saturated carbocycles. The van der Waals surface area contributed by atoms with Crippen LogP contribution in [0.5, 0.6) is 0 Å². The van der Waals surface area contributed by atoms with Crippen LogP contribution in [0, 0.1) is 4.77 Å². The molecule has 0 bridgehead atoms. The molecule has 0 aliphatic rings. The zero-order chi connectivity index (χ0) is 15.4. The highest BCUT2D eigenvalue weighted by Gasteiger charge is 2.07. The van der Waals surface area contributed by atoms with Crippen molar-refractivity contribution in [1.29, 1.82) is 0 Å². The van der Waals surface area contributed by atoms with Crippen molar-refractivity contribution >= 4 is 18.1 Å². The highest BCUT2D eigenvalue weighted by molar-refractivity contribution is 7.71. The summed E-state index contributed by atoms with van der Waals surface area (Å²) in [5.41, 5.74) is 2.54. The molecule has 0 spiro atoms. The molecule has 2 aromatic carbocycles. The largest absolute Gasteiger partial charge is 0.348 e. The molecule has 4 nitrogen and oxygen atoms in total. The number of hydrogen-bond donors (Lipinski definition) is 2. The van der Waals surface area contributed by atoms with Crippen molar-refractivity contribution < 1.29 is 4.79 Å². The van der Waals surface area contributed by atoms with E-state index in [4.69, 9.17) is 12.2 Å². The third-order valence-corrected chi connectivity index (χ3v) is 3.65. The summed E-state index contributed by atoms with van der Waals surface area (Å²) in [6, 6.07) is 17.2. The molecule has 0 atom stereocenters. The molecule has 3 rings (SSSR count). The van der Waals surface area contributed by atoms with Gasteiger partial charge in [-0.05, 0) is 36.0 Å². The second kappa shape index (κ2) is 6.41. The fourth-order valence-corrected chi connectivity index (χ4v) is 2.44. The number of benzene rings is 2. The van der Waals surface area contributed by atoms with Crippen LogP contribution < -0.4 is 5.32 Å². The monoisotopic (exact) mass is 309 g/mol. The number of aromatic amines is 1. The van der Waals surface area contributed by atoms with E-state index in [0.29, 0.717) is 16.9 Å². The molecular weight excluding hydrogens is 294 g/mol. The van der Waals surface area contributed by atoms with Gasteiger partial charge in [0.2, 0.25) is 0 Å². The van der Waals surface area contributed by atoms with Gasteiger partial charge in [0, 0.05) is 30.2 Å².